The van der Waals surface area contributed by atoms with E-state index in [0.29, 0.717) is 6.42 Å². The van der Waals surface area contributed by atoms with Crippen LogP contribution >= 0.6 is 11.8 Å². The van der Waals surface area contributed by atoms with Crippen molar-refractivity contribution in [2.24, 2.45) is 0 Å². The molecule has 0 radical (unpaired) electrons. The van der Waals surface area contributed by atoms with Crippen molar-refractivity contribution in [1.29, 1.82) is 0 Å². The molecule has 0 spiro atoms. The van der Waals surface area contributed by atoms with E-state index in [1.54, 1.807) is 23.9 Å². The van der Waals surface area contributed by atoms with Crippen molar-refractivity contribution in [2.75, 3.05) is 0 Å². The fourth-order valence-corrected chi connectivity index (χ4v) is 3.09. The van der Waals surface area contributed by atoms with Crippen molar-refractivity contribution in [3.05, 3.63) is 65.5 Å². The molecule has 128 valence electrons. The summed E-state index contributed by atoms with van der Waals surface area (Å²) in [4.78, 5) is 12.8. The van der Waals surface area contributed by atoms with Crippen molar-refractivity contribution >= 4 is 17.7 Å². The highest BCUT2D eigenvalue weighted by atomic mass is 32.2. The maximum atomic E-state index is 13.5. The fraction of sp³-hybridized carbons (Fsp3) is 0.278. The van der Waals surface area contributed by atoms with E-state index in [9.17, 15) is 18.0 Å². The molecule has 0 aliphatic heterocycles. The Balaban J connectivity index is 1.74. The molecule has 2 aromatic rings. The van der Waals surface area contributed by atoms with Gasteiger partial charge in [-0.1, -0.05) is 6.92 Å². The molecule has 0 saturated carbocycles. The van der Waals surface area contributed by atoms with Crippen molar-refractivity contribution in [3.8, 4) is 0 Å². The molecule has 6 heteroatoms. The molecule has 0 aliphatic rings. The summed E-state index contributed by atoms with van der Waals surface area (Å²) in [5.41, 5.74) is 0.122. The topological polar surface area (TPSA) is 29.1 Å². The Labute approximate surface area is 143 Å². The summed E-state index contributed by atoms with van der Waals surface area (Å²) >= 11 is 1.56. The molecule has 0 heterocycles. The number of thioether (sulfide) groups is 1. The second kappa shape index (κ2) is 8.78. The van der Waals surface area contributed by atoms with E-state index in [-0.39, 0.29) is 35.5 Å². The van der Waals surface area contributed by atoms with E-state index in [0.717, 1.165) is 23.1 Å². The predicted molar refractivity (Wildman–Crippen MR) is 89.2 cm³/mol. The molecule has 1 amide bonds. The molecule has 1 N–H and O–H groups in total. The minimum Gasteiger partial charge on any atom is -0.352 e. The Kier molecular flexibility index (Phi) is 6.73. The van der Waals surface area contributed by atoms with Crippen molar-refractivity contribution in [1.82, 2.24) is 5.32 Å². The van der Waals surface area contributed by atoms with E-state index < -0.39 is 11.6 Å². The van der Waals surface area contributed by atoms with Crippen molar-refractivity contribution in [3.63, 3.8) is 0 Å². The van der Waals surface area contributed by atoms with E-state index in [2.05, 4.69) is 5.32 Å². The maximum Gasteiger partial charge on any atom is 0.220 e. The van der Waals surface area contributed by atoms with Gasteiger partial charge in [0.05, 0.1) is 0 Å². The van der Waals surface area contributed by atoms with Crippen LogP contribution in [0.25, 0.3) is 0 Å². The predicted octanol–water partition coefficient (Wildman–Crippen LogP) is 4.68. The lowest BCUT2D eigenvalue weighted by Gasteiger charge is -2.11. The van der Waals surface area contributed by atoms with Crippen LogP contribution in [0, 0.1) is 17.5 Å². The fourth-order valence-electron chi connectivity index (χ4n) is 2.10. The molecular formula is C18H18F3NOS. The molecule has 0 fully saturated rings. The van der Waals surface area contributed by atoms with Crippen LogP contribution in [0.15, 0.2) is 47.4 Å². The normalized spacial score (nSPS) is 12.0. The Morgan fingerprint density at radius 3 is 2.46 bits per heavy atom. The SMILES string of the molecule is CC(CCC(=O)NCc1cc(F)ccc1F)Sc1ccc(F)cc1. The smallest absolute Gasteiger partial charge is 0.220 e. The van der Waals surface area contributed by atoms with Gasteiger partial charge in [0.1, 0.15) is 17.5 Å². The quantitative estimate of drug-likeness (QED) is 0.732. The monoisotopic (exact) mass is 353 g/mol. The summed E-state index contributed by atoms with van der Waals surface area (Å²) < 4.78 is 39.4. The summed E-state index contributed by atoms with van der Waals surface area (Å²) in [6, 6.07) is 9.34. The van der Waals surface area contributed by atoms with Gasteiger partial charge < -0.3 is 5.32 Å². The molecule has 2 rings (SSSR count). The number of amides is 1. The largest absolute Gasteiger partial charge is 0.352 e. The highest BCUT2D eigenvalue weighted by Gasteiger charge is 2.10. The van der Waals surface area contributed by atoms with Crippen LogP contribution in [0.4, 0.5) is 13.2 Å². The lowest BCUT2D eigenvalue weighted by atomic mass is 10.2. The molecule has 2 aromatic carbocycles. The van der Waals surface area contributed by atoms with E-state index in [1.807, 2.05) is 6.92 Å². The zero-order valence-electron chi connectivity index (χ0n) is 13.2. The molecular weight excluding hydrogens is 335 g/mol. The number of rotatable bonds is 7. The number of hydrogen-bond acceptors (Lipinski definition) is 2. The van der Waals surface area contributed by atoms with Gasteiger partial charge in [0, 0.05) is 28.7 Å². The van der Waals surface area contributed by atoms with Gasteiger partial charge in [0.15, 0.2) is 0 Å². The Morgan fingerprint density at radius 1 is 1.08 bits per heavy atom. The minimum absolute atomic E-state index is 0.0398. The van der Waals surface area contributed by atoms with Gasteiger partial charge in [-0.25, -0.2) is 13.2 Å². The van der Waals surface area contributed by atoms with E-state index in [4.69, 9.17) is 0 Å². The van der Waals surface area contributed by atoms with Gasteiger partial charge in [-0.05, 0) is 48.9 Å². The highest BCUT2D eigenvalue weighted by Crippen LogP contribution is 2.26. The first-order chi connectivity index (χ1) is 11.4. The molecule has 0 aromatic heterocycles. The third kappa shape index (κ3) is 5.92. The third-order valence-electron chi connectivity index (χ3n) is 3.41. The standard InChI is InChI=1S/C18H18F3NOS/c1-12(24-16-6-3-14(19)4-7-16)2-9-18(23)22-11-13-10-15(20)5-8-17(13)21/h3-8,10,12H,2,9,11H2,1H3,(H,22,23). The zero-order chi connectivity index (χ0) is 17.5. The number of carbonyl (C=O) groups excluding carboxylic acids is 1. The highest BCUT2D eigenvalue weighted by molar-refractivity contribution is 7.99. The lowest BCUT2D eigenvalue weighted by molar-refractivity contribution is -0.121. The van der Waals surface area contributed by atoms with E-state index in [1.165, 1.54) is 12.1 Å². The molecule has 0 aliphatic carbocycles. The summed E-state index contributed by atoms with van der Waals surface area (Å²) in [6.45, 7) is 1.94. The van der Waals surface area contributed by atoms with Gasteiger partial charge in [-0.2, -0.15) is 0 Å². The van der Waals surface area contributed by atoms with Crippen molar-refractivity contribution in [2.45, 2.75) is 36.5 Å². The van der Waals surface area contributed by atoms with Crippen LogP contribution in [0.3, 0.4) is 0 Å². The second-order valence-electron chi connectivity index (χ2n) is 5.43. The number of hydrogen-bond donors (Lipinski definition) is 1. The van der Waals surface area contributed by atoms with E-state index >= 15 is 0 Å². The van der Waals surface area contributed by atoms with Crippen LogP contribution in [0.1, 0.15) is 25.3 Å². The third-order valence-corrected chi connectivity index (χ3v) is 4.60. The number of benzene rings is 2. The molecule has 0 bridgehead atoms. The van der Waals surface area contributed by atoms with Gasteiger partial charge in [-0.3, -0.25) is 4.79 Å². The first-order valence-electron chi connectivity index (χ1n) is 7.57. The molecule has 2 nitrogen and oxygen atoms in total. The van der Waals surface area contributed by atoms with Crippen LogP contribution in [0.5, 0.6) is 0 Å². The average molecular weight is 353 g/mol. The second-order valence-corrected chi connectivity index (χ2v) is 6.95. The first-order valence-corrected chi connectivity index (χ1v) is 8.45. The summed E-state index contributed by atoms with van der Waals surface area (Å²) in [5, 5.41) is 2.76. The first kappa shape index (κ1) is 18.4. The average Bonchev–Trinajstić information content (AvgIpc) is 2.56. The summed E-state index contributed by atoms with van der Waals surface area (Å²) in [5.74, 6) is -1.58. The van der Waals surface area contributed by atoms with Gasteiger partial charge in [-0.15, -0.1) is 11.8 Å². The number of halogens is 3. The van der Waals surface area contributed by atoms with Crippen molar-refractivity contribution < 1.29 is 18.0 Å². The zero-order valence-corrected chi connectivity index (χ0v) is 14.0. The summed E-state index contributed by atoms with van der Waals surface area (Å²) in [7, 11) is 0. The maximum absolute atomic E-state index is 13.5. The number of nitrogens with one attached hydrogen (secondary N) is 1. The Morgan fingerprint density at radius 2 is 1.75 bits per heavy atom. The summed E-state index contributed by atoms with van der Waals surface area (Å²) in [6.07, 6.45) is 0.909. The lowest BCUT2D eigenvalue weighted by Crippen LogP contribution is -2.23. The van der Waals surface area contributed by atoms with Crippen LogP contribution in [-0.4, -0.2) is 11.2 Å². The van der Waals surface area contributed by atoms with Gasteiger partial charge in [0.25, 0.3) is 0 Å². The van der Waals surface area contributed by atoms with Crippen LogP contribution in [0.2, 0.25) is 0 Å². The molecule has 1 unspecified atom stereocenters. The Bertz CT molecular complexity index is 691. The van der Waals surface area contributed by atoms with Gasteiger partial charge in [0.2, 0.25) is 5.91 Å². The minimum atomic E-state index is -0.545. The van der Waals surface area contributed by atoms with Gasteiger partial charge >= 0.3 is 0 Å². The number of carbonyl (C=O) groups is 1. The molecule has 1 atom stereocenters. The van der Waals surface area contributed by atoms with Crippen LogP contribution in [-0.2, 0) is 11.3 Å². The molecule has 0 saturated heterocycles. The van der Waals surface area contributed by atoms with Crippen LogP contribution < -0.4 is 5.32 Å². The Hall–Kier alpha value is -1.95. The molecule has 24 heavy (non-hydrogen) atoms.